The quantitative estimate of drug-likeness (QED) is 0.521. The van der Waals surface area contributed by atoms with Crippen molar-refractivity contribution in [3.8, 4) is 0 Å². The predicted molar refractivity (Wildman–Crippen MR) is 99.7 cm³/mol. The smallest absolute Gasteiger partial charge is 0.0448 e. The molecular formula is C22H19Cl. The average molecular weight is 319 g/mol. The molecule has 0 aliphatic heterocycles. The summed E-state index contributed by atoms with van der Waals surface area (Å²) < 4.78 is 0. The first kappa shape index (κ1) is 15.6. The van der Waals surface area contributed by atoms with Crippen LogP contribution < -0.4 is 0 Å². The van der Waals surface area contributed by atoms with E-state index in [1.165, 1.54) is 16.7 Å². The molecule has 23 heavy (non-hydrogen) atoms. The Morgan fingerprint density at radius 2 is 1.35 bits per heavy atom. The van der Waals surface area contributed by atoms with Crippen LogP contribution in [0, 0.1) is 6.92 Å². The van der Waals surface area contributed by atoms with Gasteiger partial charge in [-0.15, -0.1) is 0 Å². The molecule has 3 aromatic carbocycles. The van der Waals surface area contributed by atoms with Gasteiger partial charge < -0.3 is 0 Å². The largest absolute Gasteiger partial charge is 0.0840 e. The lowest BCUT2D eigenvalue weighted by atomic mass is 9.90. The minimum Gasteiger partial charge on any atom is -0.0840 e. The summed E-state index contributed by atoms with van der Waals surface area (Å²) in [6.45, 7) is 2.08. The lowest BCUT2D eigenvalue weighted by Crippen LogP contribution is -1.98. The van der Waals surface area contributed by atoms with E-state index in [9.17, 15) is 0 Å². The van der Waals surface area contributed by atoms with Gasteiger partial charge in [0.25, 0.3) is 0 Å². The molecule has 0 aliphatic carbocycles. The second-order valence-corrected chi connectivity index (χ2v) is 6.09. The maximum absolute atomic E-state index is 6.63. The molecule has 0 radical (unpaired) electrons. The van der Waals surface area contributed by atoms with Crippen LogP contribution in [0.2, 0.25) is 0 Å². The summed E-state index contributed by atoms with van der Waals surface area (Å²) in [5.41, 5.74) is 4.75. The van der Waals surface area contributed by atoms with Crippen LogP contribution in [0.4, 0.5) is 0 Å². The Labute approximate surface area is 143 Å². The molecule has 114 valence electrons. The van der Waals surface area contributed by atoms with Crippen molar-refractivity contribution in [2.45, 2.75) is 12.8 Å². The number of allylic oxidation sites excluding steroid dienone is 1. The molecular weight excluding hydrogens is 300 g/mol. The van der Waals surface area contributed by atoms with E-state index in [2.05, 4.69) is 79.7 Å². The Bertz CT molecular complexity index is 749. The Hall–Kier alpha value is -2.31. The van der Waals surface area contributed by atoms with E-state index < -0.39 is 0 Å². The van der Waals surface area contributed by atoms with Gasteiger partial charge >= 0.3 is 0 Å². The highest BCUT2D eigenvalue weighted by Gasteiger charge is 2.12. The second kappa shape index (κ2) is 7.30. The number of benzene rings is 3. The van der Waals surface area contributed by atoms with Crippen LogP contribution in [0.25, 0.3) is 5.03 Å². The second-order valence-electron chi connectivity index (χ2n) is 5.68. The molecule has 3 aromatic rings. The zero-order chi connectivity index (χ0) is 16.1. The summed E-state index contributed by atoms with van der Waals surface area (Å²) in [6, 6.07) is 29.2. The molecule has 0 fully saturated rings. The van der Waals surface area contributed by atoms with Crippen molar-refractivity contribution in [1.29, 1.82) is 0 Å². The van der Waals surface area contributed by atoms with Crippen molar-refractivity contribution in [1.82, 2.24) is 0 Å². The molecule has 0 saturated carbocycles. The van der Waals surface area contributed by atoms with Gasteiger partial charge in [-0.1, -0.05) is 108 Å². The zero-order valence-corrected chi connectivity index (χ0v) is 13.9. The van der Waals surface area contributed by atoms with E-state index >= 15 is 0 Å². The number of rotatable bonds is 4. The van der Waals surface area contributed by atoms with Crippen LogP contribution in [0.15, 0.2) is 91.0 Å². The van der Waals surface area contributed by atoms with Gasteiger partial charge in [-0.2, -0.15) is 0 Å². The Morgan fingerprint density at radius 3 is 1.87 bits per heavy atom. The van der Waals surface area contributed by atoms with Gasteiger partial charge in [0.05, 0.1) is 0 Å². The molecule has 0 nitrogen and oxygen atoms in total. The van der Waals surface area contributed by atoms with Gasteiger partial charge in [-0.25, -0.2) is 0 Å². The van der Waals surface area contributed by atoms with Crippen LogP contribution in [-0.4, -0.2) is 0 Å². The van der Waals surface area contributed by atoms with E-state index in [1.807, 2.05) is 18.2 Å². The first-order chi connectivity index (χ1) is 11.2. The van der Waals surface area contributed by atoms with Crippen LogP contribution in [-0.2, 0) is 0 Å². The summed E-state index contributed by atoms with van der Waals surface area (Å²) in [5, 5.41) is 0.784. The monoisotopic (exact) mass is 318 g/mol. The van der Waals surface area contributed by atoms with Crippen molar-refractivity contribution in [2.75, 3.05) is 0 Å². The molecule has 0 bridgehead atoms. The van der Waals surface area contributed by atoms with Gasteiger partial charge in [0.1, 0.15) is 0 Å². The van der Waals surface area contributed by atoms with E-state index in [1.54, 1.807) is 0 Å². The molecule has 0 amide bonds. The molecule has 0 unspecified atom stereocenters. The first-order valence-electron chi connectivity index (χ1n) is 7.78. The maximum atomic E-state index is 6.63. The first-order valence-corrected chi connectivity index (χ1v) is 8.16. The molecule has 3 rings (SSSR count). The molecule has 0 saturated heterocycles. The Morgan fingerprint density at radius 1 is 0.783 bits per heavy atom. The summed E-state index contributed by atoms with van der Waals surface area (Å²) in [7, 11) is 0. The summed E-state index contributed by atoms with van der Waals surface area (Å²) in [5.74, 6) is 0.144. The molecule has 0 atom stereocenters. The third kappa shape index (κ3) is 3.91. The summed E-state index contributed by atoms with van der Waals surface area (Å²) in [6.07, 6.45) is 2.14. The van der Waals surface area contributed by atoms with Crippen molar-refractivity contribution in [3.05, 3.63) is 113 Å². The van der Waals surface area contributed by atoms with Crippen LogP contribution in [0.1, 0.15) is 28.2 Å². The number of halogens is 1. The maximum Gasteiger partial charge on any atom is 0.0448 e. The molecule has 0 N–H and O–H groups in total. The van der Waals surface area contributed by atoms with E-state index in [-0.39, 0.29) is 5.92 Å². The highest BCUT2D eigenvalue weighted by molar-refractivity contribution is 6.48. The van der Waals surface area contributed by atoms with Crippen molar-refractivity contribution >= 4 is 16.6 Å². The van der Waals surface area contributed by atoms with Gasteiger partial charge in [-0.05, 0) is 23.6 Å². The average Bonchev–Trinajstić information content (AvgIpc) is 2.61. The van der Waals surface area contributed by atoms with E-state index in [0.717, 1.165) is 10.6 Å². The summed E-state index contributed by atoms with van der Waals surface area (Å²) in [4.78, 5) is 0. The highest BCUT2D eigenvalue weighted by Crippen LogP contribution is 2.31. The predicted octanol–water partition coefficient (Wildman–Crippen LogP) is 6.41. The van der Waals surface area contributed by atoms with E-state index in [4.69, 9.17) is 11.6 Å². The lowest BCUT2D eigenvalue weighted by Gasteiger charge is -2.15. The van der Waals surface area contributed by atoms with Gasteiger partial charge in [-0.3, -0.25) is 0 Å². The molecule has 1 heteroatoms. The fourth-order valence-corrected chi connectivity index (χ4v) is 2.99. The lowest BCUT2D eigenvalue weighted by molar-refractivity contribution is 1.03. The Kier molecular flexibility index (Phi) is 4.95. The fraction of sp³-hybridized carbons (Fsp3) is 0.0909. The summed E-state index contributed by atoms with van der Waals surface area (Å²) >= 11 is 6.63. The molecule has 0 spiro atoms. The van der Waals surface area contributed by atoms with Gasteiger partial charge in [0.2, 0.25) is 0 Å². The number of hydrogen-bond donors (Lipinski definition) is 0. The highest BCUT2D eigenvalue weighted by atomic mass is 35.5. The fourth-order valence-electron chi connectivity index (χ4n) is 2.74. The SMILES string of the molecule is Cc1cccc(C(Cl)=CC(c2ccccc2)c2ccccc2)c1. The topological polar surface area (TPSA) is 0 Å². The van der Waals surface area contributed by atoms with Crippen molar-refractivity contribution in [2.24, 2.45) is 0 Å². The zero-order valence-electron chi connectivity index (χ0n) is 13.1. The molecule has 0 aliphatic rings. The normalized spacial score (nSPS) is 11.7. The van der Waals surface area contributed by atoms with Crippen molar-refractivity contribution in [3.63, 3.8) is 0 Å². The van der Waals surface area contributed by atoms with Crippen LogP contribution in [0.5, 0.6) is 0 Å². The third-order valence-electron chi connectivity index (χ3n) is 3.92. The molecule has 0 aromatic heterocycles. The van der Waals surface area contributed by atoms with Crippen LogP contribution in [0.3, 0.4) is 0 Å². The van der Waals surface area contributed by atoms with Gasteiger partial charge in [0, 0.05) is 11.0 Å². The van der Waals surface area contributed by atoms with E-state index in [0.29, 0.717) is 0 Å². The standard InChI is InChI=1S/C22H19Cl/c1-17-9-8-14-20(15-17)22(23)16-21(18-10-4-2-5-11-18)19-12-6-3-7-13-19/h2-16,21H,1H3. The van der Waals surface area contributed by atoms with Gasteiger partial charge in [0.15, 0.2) is 0 Å². The molecule has 0 heterocycles. The number of aryl methyl sites for hydroxylation is 1. The Balaban J connectivity index is 2.04. The van der Waals surface area contributed by atoms with Crippen molar-refractivity contribution < 1.29 is 0 Å². The minimum atomic E-state index is 0.144. The van der Waals surface area contributed by atoms with Crippen LogP contribution >= 0.6 is 11.6 Å². The minimum absolute atomic E-state index is 0.144. The third-order valence-corrected chi connectivity index (χ3v) is 4.27. The number of hydrogen-bond acceptors (Lipinski definition) is 0.